The Morgan fingerprint density at radius 1 is 0.676 bits per heavy atom. The van der Waals surface area contributed by atoms with Gasteiger partial charge in [-0.3, -0.25) is 0 Å². The van der Waals surface area contributed by atoms with Crippen molar-refractivity contribution in [3.05, 3.63) is 132 Å². The van der Waals surface area contributed by atoms with Crippen molar-refractivity contribution >= 4 is 33.6 Å². The zero-order valence-electron chi connectivity index (χ0n) is 20.5. The molecule has 5 heteroatoms. The Labute approximate surface area is 215 Å². The maximum absolute atomic E-state index is 13.3. The number of esters is 1. The highest BCUT2D eigenvalue weighted by molar-refractivity contribution is 5.91. The molecular formula is C32H27NO4. The van der Waals surface area contributed by atoms with Crippen LogP contribution in [0.4, 0.5) is 4.79 Å². The van der Waals surface area contributed by atoms with Crippen molar-refractivity contribution in [2.75, 3.05) is 0 Å². The summed E-state index contributed by atoms with van der Waals surface area (Å²) in [6, 6.07) is 36.5. The van der Waals surface area contributed by atoms with Gasteiger partial charge >= 0.3 is 12.1 Å². The molecule has 5 rings (SSSR count). The molecule has 0 heterocycles. The lowest BCUT2D eigenvalue weighted by Crippen LogP contribution is -2.40. The maximum Gasteiger partial charge on any atom is 0.408 e. The molecule has 5 nitrogen and oxygen atoms in total. The molecule has 1 N–H and O–H groups in total. The highest BCUT2D eigenvalue weighted by Crippen LogP contribution is 2.35. The molecule has 5 aromatic carbocycles. The second-order valence-electron chi connectivity index (χ2n) is 8.88. The predicted molar refractivity (Wildman–Crippen MR) is 145 cm³/mol. The number of carbonyl (C=O) groups excluding carboxylic acids is 2. The molecule has 37 heavy (non-hydrogen) atoms. The second-order valence-corrected chi connectivity index (χ2v) is 8.88. The van der Waals surface area contributed by atoms with Crippen LogP contribution in [0.3, 0.4) is 0 Å². The maximum atomic E-state index is 13.3. The first kappa shape index (κ1) is 24.1. The van der Waals surface area contributed by atoms with Crippen molar-refractivity contribution in [3.63, 3.8) is 0 Å². The number of nitrogens with one attached hydrogen (secondary N) is 1. The third-order valence-electron chi connectivity index (χ3n) is 6.35. The summed E-state index contributed by atoms with van der Waals surface area (Å²) >= 11 is 0. The summed E-state index contributed by atoms with van der Waals surface area (Å²) in [5, 5.41) is 6.70. The normalized spacial score (nSPS) is 11.8. The van der Waals surface area contributed by atoms with Gasteiger partial charge < -0.3 is 14.8 Å². The zero-order valence-corrected chi connectivity index (χ0v) is 20.5. The van der Waals surface area contributed by atoms with E-state index in [0.717, 1.165) is 38.2 Å². The van der Waals surface area contributed by atoms with Gasteiger partial charge in [0, 0.05) is 11.1 Å². The van der Waals surface area contributed by atoms with Crippen LogP contribution in [-0.4, -0.2) is 18.1 Å². The first-order valence-corrected chi connectivity index (χ1v) is 12.2. The third kappa shape index (κ3) is 5.46. The van der Waals surface area contributed by atoms with Crippen LogP contribution in [0.5, 0.6) is 0 Å². The van der Waals surface area contributed by atoms with E-state index < -0.39 is 24.2 Å². The SMILES string of the molecule is C[C@H](NC(=O)OCc1ccccc1)C(=O)OC(c1cccc2ccccc12)c1cccc2ccccc12. The molecule has 0 aliphatic rings. The van der Waals surface area contributed by atoms with Gasteiger partial charge in [0.1, 0.15) is 12.6 Å². The van der Waals surface area contributed by atoms with E-state index >= 15 is 0 Å². The number of ether oxygens (including phenoxy) is 2. The molecule has 0 saturated carbocycles. The Balaban J connectivity index is 1.42. The summed E-state index contributed by atoms with van der Waals surface area (Å²) < 4.78 is 11.4. The van der Waals surface area contributed by atoms with Crippen LogP contribution in [0, 0.1) is 0 Å². The van der Waals surface area contributed by atoms with Crippen molar-refractivity contribution in [1.82, 2.24) is 5.32 Å². The van der Waals surface area contributed by atoms with Gasteiger partial charge in [-0.25, -0.2) is 9.59 Å². The van der Waals surface area contributed by atoms with Crippen LogP contribution in [0.15, 0.2) is 115 Å². The number of hydrogen-bond acceptors (Lipinski definition) is 4. The molecule has 0 spiro atoms. The van der Waals surface area contributed by atoms with Crippen LogP contribution in [-0.2, 0) is 20.9 Å². The molecule has 0 fully saturated rings. The predicted octanol–water partition coefficient (Wildman–Crippen LogP) is 6.94. The summed E-state index contributed by atoms with van der Waals surface area (Å²) in [5.74, 6) is -0.553. The summed E-state index contributed by atoms with van der Waals surface area (Å²) in [6.07, 6.45) is -1.35. The molecule has 0 unspecified atom stereocenters. The van der Waals surface area contributed by atoms with Gasteiger partial charge in [0.15, 0.2) is 6.10 Å². The molecule has 1 amide bonds. The van der Waals surface area contributed by atoms with E-state index in [9.17, 15) is 9.59 Å². The van der Waals surface area contributed by atoms with Crippen LogP contribution in [0.2, 0.25) is 0 Å². The van der Waals surface area contributed by atoms with Gasteiger partial charge in [-0.1, -0.05) is 115 Å². The van der Waals surface area contributed by atoms with Crippen LogP contribution in [0.25, 0.3) is 21.5 Å². The van der Waals surface area contributed by atoms with Gasteiger partial charge in [-0.2, -0.15) is 0 Å². The largest absolute Gasteiger partial charge is 0.451 e. The topological polar surface area (TPSA) is 64.6 Å². The molecule has 1 atom stereocenters. The summed E-state index contributed by atoms with van der Waals surface area (Å²) in [6.45, 7) is 1.71. The Hall–Kier alpha value is -4.64. The van der Waals surface area contributed by atoms with Crippen molar-refractivity contribution in [3.8, 4) is 0 Å². The molecule has 0 bridgehead atoms. The highest BCUT2D eigenvalue weighted by Gasteiger charge is 2.26. The van der Waals surface area contributed by atoms with Crippen molar-refractivity contribution in [1.29, 1.82) is 0 Å². The molecule has 0 aliphatic heterocycles. The molecule has 0 aliphatic carbocycles. The van der Waals surface area contributed by atoms with E-state index in [4.69, 9.17) is 9.47 Å². The molecule has 0 saturated heterocycles. The minimum Gasteiger partial charge on any atom is -0.451 e. The molecular weight excluding hydrogens is 462 g/mol. The Kier molecular flexibility index (Phi) is 7.13. The van der Waals surface area contributed by atoms with Crippen LogP contribution < -0.4 is 5.32 Å². The number of amides is 1. The van der Waals surface area contributed by atoms with Gasteiger partial charge in [0.05, 0.1) is 0 Å². The lowest BCUT2D eigenvalue weighted by molar-refractivity contribution is -0.149. The first-order chi connectivity index (χ1) is 18.1. The van der Waals surface area contributed by atoms with E-state index in [-0.39, 0.29) is 6.61 Å². The first-order valence-electron chi connectivity index (χ1n) is 12.2. The van der Waals surface area contributed by atoms with E-state index in [0.29, 0.717) is 0 Å². The Morgan fingerprint density at radius 2 is 1.19 bits per heavy atom. The van der Waals surface area contributed by atoms with Crippen LogP contribution in [0.1, 0.15) is 29.7 Å². The number of carbonyl (C=O) groups is 2. The molecule has 0 aromatic heterocycles. The van der Waals surface area contributed by atoms with Crippen molar-refractivity contribution in [2.24, 2.45) is 0 Å². The fourth-order valence-electron chi connectivity index (χ4n) is 4.47. The van der Waals surface area contributed by atoms with E-state index in [1.807, 2.05) is 115 Å². The minimum atomic E-state index is -0.907. The average Bonchev–Trinajstić information content (AvgIpc) is 2.95. The summed E-state index contributed by atoms with van der Waals surface area (Å²) in [5.41, 5.74) is 2.61. The van der Waals surface area contributed by atoms with E-state index in [1.165, 1.54) is 0 Å². The average molecular weight is 490 g/mol. The van der Waals surface area contributed by atoms with Crippen molar-refractivity contribution < 1.29 is 19.1 Å². The number of benzene rings is 5. The molecule has 0 radical (unpaired) electrons. The Morgan fingerprint density at radius 3 is 1.78 bits per heavy atom. The lowest BCUT2D eigenvalue weighted by atomic mass is 9.92. The number of rotatable bonds is 7. The summed E-state index contributed by atoms with van der Waals surface area (Å²) in [4.78, 5) is 25.7. The van der Waals surface area contributed by atoms with E-state index in [2.05, 4.69) is 5.32 Å². The van der Waals surface area contributed by atoms with Gasteiger partial charge in [-0.15, -0.1) is 0 Å². The van der Waals surface area contributed by atoms with Gasteiger partial charge in [0.25, 0.3) is 0 Å². The number of fused-ring (bicyclic) bond motifs is 2. The van der Waals surface area contributed by atoms with Crippen molar-refractivity contribution in [2.45, 2.75) is 25.7 Å². The Bertz CT molecular complexity index is 1460. The number of alkyl carbamates (subject to hydrolysis) is 1. The highest BCUT2D eigenvalue weighted by atomic mass is 16.6. The summed E-state index contributed by atoms with van der Waals surface area (Å²) in [7, 11) is 0. The third-order valence-corrected chi connectivity index (χ3v) is 6.35. The second kappa shape index (κ2) is 11.0. The fraction of sp³-hybridized carbons (Fsp3) is 0.125. The lowest BCUT2D eigenvalue weighted by Gasteiger charge is -2.24. The zero-order chi connectivity index (χ0) is 25.6. The molecule has 184 valence electrons. The smallest absolute Gasteiger partial charge is 0.408 e. The standard InChI is InChI=1S/C32H27NO4/c1-22(33-32(35)36-21-23-11-3-2-4-12-23)31(34)37-30(28-19-9-15-24-13-5-7-17-26(24)28)29-20-10-16-25-14-6-8-18-27(25)29/h2-20,22,30H,21H2,1H3,(H,33,35)/t22-/m0/s1. The monoisotopic (exact) mass is 489 g/mol. The quantitative estimate of drug-likeness (QED) is 0.252. The molecule has 5 aromatic rings. The van der Waals surface area contributed by atoms with Crippen LogP contribution >= 0.6 is 0 Å². The fourth-order valence-corrected chi connectivity index (χ4v) is 4.47. The van der Waals surface area contributed by atoms with Gasteiger partial charge in [0.2, 0.25) is 0 Å². The number of hydrogen-bond donors (Lipinski definition) is 1. The van der Waals surface area contributed by atoms with E-state index in [1.54, 1.807) is 6.92 Å². The minimum absolute atomic E-state index is 0.114. The van der Waals surface area contributed by atoms with Gasteiger partial charge in [-0.05, 0) is 34.0 Å².